The predicted molar refractivity (Wildman–Crippen MR) is 172 cm³/mol. The minimum Gasteiger partial charge on any atom is -0.494 e. The van der Waals surface area contributed by atoms with Gasteiger partial charge in [-0.1, -0.05) is 40.2 Å². The van der Waals surface area contributed by atoms with Crippen molar-refractivity contribution in [3.05, 3.63) is 36.9 Å². The van der Waals surface area contributed by atoms with Crippen LogP contribution in [0.2, 0.25) is 0 Å². The van der Waals surface area contributed by atoms with Gasteiger partial charge < -0.3 is 30.1 Å². The number of carboxylic acid groups (broad SMARTS) is 1. The number of alkyl carbamates (subject to hydrolysis) is 1. The summed E-state index contributed by atoms with van der Waals surface area (Å²) >= 11 is 0. The standard InChI is InChI=1S/C33H47N7O7/c1-9-11-16-46-23-14-12-20(13-15-23)26-36-38-40(37-26)22-17-24(27(41)35-33(29(43)44)18-21(33)10-2)39(19-22)28(42)25(31(3,4)5)34-30(45)47-32(6,7)8/h10,12-15,21-22,24-25H,2,9,11,16-19H2,1,3-8H3,(H,34,45)(H,35,41)(H,43,44). The molecule has 5 atom stereocenters. The SMILES string of the molecule is C=CC1CC1(NC(=O)C1CC(n2nnc(-c3ccc(OCCCC)cc3)n2)CN1C(=O)C(NC(=O)OC(C)(C)C)C(C)(C)C)C(=O)O. The van der Waals surface area contributed by atoms with Crippen LogP contribution in [0.3, 0.4) is 0 Å². The highest BCUT2D eigenvalue weighted by Gasteiger charge is 2.61. The fourth-order valence-electron chi connectivity index (χ4n) is 5.56. The van der Waals surface area contributed by atoms with Crippen LogP contribution >= 0.6 is 0 Å². The quantitative estimate of drug-likeness (QED) is 0.226. The van der Waals surface area contributed by atoms with Crippen molar-refractivity contribution in [1.82, 2.24) is 35.7 Å². The molecule has 47 heavy (non-hydrogen) atoms. The third kappa shape index (κ3) is 8.27. The van der Waals surface area contributed by atoms with Gasteiger partial charge in [-0.3, -0.25) is 9.59 Å². The maximum atomic E-state index is 14.2. The molecule has 0 radical (unpaired) electrons. The number of benzene rings is 1. The first kappa shape index (κ1) is 35.4. The number of hydrogen-bond donors (Lipinski definition) is 3. The second-order valence-corrected chi connectivity index (χ2v) is 14.3. The first-order valence-electron chi connectivity index (χ1n) is 16.0. The molecule has 14 heteroatoms. The lowest BCUT2D eigenvalue weighted by Gasteiger charge is -2.36. The molecule has 2 aliphatic rings. The lowest BCUT2D eigenvalue weighted by molar-refractivity contribution is -0.146. The predicted octanol–water partition coefficient (Wildman–Crippen LogP) is 3.75. The van der Waals surface area contributed by atoms with Gasteiger partial charge in [0.05, 0.1) is 12.6 Å². The molecule has 1 aromatic carbocycles. The van der Waals surface area contributed by atoms with Crippen LogP contribution in [-0.4, -0.2) is 90.5 Å². The zero-order chi connectivity index (χ0) is 34.7. The Morgan fingerprint density at radius 3 is 2.38 bits per heavy atom. The van der Waals surface area contributed by atoms with Crippen LogP contribution in [0.25, 0.3) is 11.4 Å². The number of amides is 3. The number of nitrogens with one attached hydrogen (secondary N) is 2. The van der Waals surface area contributed by atoms with E-state index in [1.54, 1.807) is 41.5 Å². The van der Waals surface area contributed by atoms with Gasteiger partial charge in [0.2, 0.25) is 17.6 Å². The Labute approximate surface area is 275 Å². The number of ether oxygens (including phenoxy) is 2. The minimum atomic E-state index is -1.49. The van der Waals surface area contributed by atoms with Gasteiger partial charge in [-0.2, -0.15) is 4.80 Å². The van der Waals surface area contributed by atoms with E-state index in [1.807, 2.05) is 24.3 Å². The smallest absolute Gasteiger partial charge is 0.408 e. The molecule has 0 spiro atoms. The summed E-state index contributed by atoms with van der Waals surface area (Å²) in [5.74, 6) is -1.68. The van der Waals surface area contributed by atoms with E-state index in [0.717, 1.165) is 18.6 Å². The average molecular weight is 654 g/mol. The topological polar surface area (TPSA) is 178 Å². The summed E-state index contributed by atoms with van der Waals surface area (Å²) in [6, 6.07) is 4.61. The fraction of sp³-hybridized carbons (Fsp3) is 0.606. The molecule has 1 aromatic heterocycles. The molecule has 1 aliphatic heterocycles. The number of aliphatic carboxylic acids is 1. The van der Waals surface area contributed by atoms with Gasteiger partial charge in [0.1, 0.15) is 29.0 Å². The van der Waals surface area contributed by atoms with Crippen molar-refractivity contribution in [3.8, 4) is 17.1 Å². The molecular formula is C33H47N7O7. The van der Waals surface area contributed by atoms with Crippen LogP contribution in [0.15, 0.2) is 36.9 Å². The Balaban J connectivity index is 1.60. The normalized spacial score (nSPS) is 23.0. The maximum absolute atomic E-state index is 14.2. The summed E-state index contributed by atoms with van der Waals surface area (Å²) in [7, 11) is 0. The first-order chi connectivity index (χ1) is 22.0. The molecule has 0 bridgehead atoms. The first-order valence-corrected chi connectivity index (χ1v) is 16.0. The van der Waals surface area contributed by atoms with Crippen molar-refractivity contribution in [1.29, 1.82) is 0 Å². The summed E-state index contributed by atoms with van der Waals surface area (Å²) < 4.78 is 11.2. The number of nitrogens with zero attached hydrogens (tertiary/aromatic N) is 5. The van der Waals surface area contributed by atoms with Gasteiger partial charge in [0, 0.05) is 24.4 Å². The van der Waals surface area contributed by atoms with Crippen LogP contribution in [0.4, 0.5) is 4.79 Å². The molecule has 4 rings (SSSR count). The molecule has 1 saturated carbocycles. The Hall–Kier alpha value is -4.49. The van der Waals surface area contributed by atoms with E-state index >= 15 is 0 Å². The lowest BCUT2D eigenvalue weighted by Crippen LogP contribution is -2.59. The third-order valence-electron chi connectivity index (χ3n) is 8.30. The van der Waals surface area contributed by atoms with Crippen LogP contribution in [0.1, 0.15) is 80.2 Å². The Kier molecular flexibility index (Phi) is 10.3. The van der Waals surface area contributed by atoms with Gasteiger partial charge in [0.25, 0.3) is 0 Å². The maximum Gasteiger partial charge on any atom is 0.408 e. The van der Waals surface area contributed by atoms with E-state index in [9.17, 15) is 24.3 Å². The summed E-state index contributed by atoms with van der Waals surface area (Å²) in [6.07, 6.45) is 3.00. The van der Waals surface area contributed by atoms with Crippen molar-refractivity contribution < 1.29 is 33.8 Å². The van der Waals surface area contributed by atoms with E-state index < -0.39 is 64.5 Å². The van der Waals surface area contributed by atoms with Crippen molar-refractivity contribution in [2.24, 2.45) is 11.3 Å². The van der Waals surface area contributed by atoms with Crippen molar-refractivity contribution in [2.75, 3.05) is 13.2 Å². The van der Waals surface area contributed by atoms with Gasteiger partial charge in [0.15, 0.2) is 0 Å². The molecule has 256 valence electrons. The molecule has 2 fully saturated rings. The van der Waals surface area contributed by atoms with Crippen LogP contribution < -0.4 is 15.4 Å². The van der Waals surface area contributed by atoms with Gasteiger partial charge >= 0.3 is 12.1 Å². The average Bonchev–Trinajstić information content (AvgIpc) is 3.29. The Morgan fingerprint density at radius 2 is 1.83 bits per heavy atom. The van der Waals surface area contributed by atoms with Crippen LogP contribution in [0.5, 0.6) is 5.75 Å². The molecule has 3 amide bonds. The second-order valence-electron chi connectivity index (χ2n) is 14.3. The van der Waals surface area contributed by atoms with Gasteiger partial charge in [-0.05, 0) is 68.5 Å². The molecule has 1 aliphatic carbocycles. The zero-order valence-electron chi connectivity index (χ0n) is 28.3. The number of carboxylic acids is 1. The zero-order valence-corrected chi connectivity index (χ0v) is 28.3. The molecule has 2 heterocycles. The summed E-state index contributed by atoms with van der Waals surface area (Å²) in [4.78, 5) is 55.7. The van der Waals surface area contributed by atoms with Crippen molar-refractivity contribution in [3.63, 3.8) is 0 Å². The highest BCUT2D eigenvalue weighted by molar-refractivity contribution is 5.96. The number of likely N-dealkylation sites (tertiary alicyclic amines) is 1. The summed E-state index contributed by atoms with van der Waals surface area (Å²) in [5, 5.41) is 28.3. The number of rotatable bonds is 12. The Bertz CT molecular complexity index is 1480. The highest BCUT2D eigenvalue weighted by Crippen LogP contribution is 2.45. The van der Waals surface area contributed by atoms with E-state index in [2.05, 4.69) is 39.5 Å². The van der Waals surface area contributed by atoms with E-state index in [0.29, 0.717) is 18.0 Å². The summed E-state index contributed by atoms with van der Waals surface area (Å²) in [5.41, 5.74) is -2.35. The van der Waals surface area contributed by atoms with Crippen molar-refractivity contribution >= 4 is 23.9 Å². The lowest BCUT2D eigenvalue weighted by atomic mass is 9.85. The monoisotopic (exact) mass is 653 g/mol. The fourth-order valence-corrected chi connectivity index (χ4v) is 5.56. The minimum absolute atomic E-state index is 0.0183. The number of carbonyl (C=O) groups excluding carboxylic acids is 3. The molecule has 14 nitrogen and oxygen atoms in total. The number of tetrazole rings is 1. The molecule has 5 unspecified atom stereocenters. The Morgan fingerprint density at radius 1 is 1.15 bits per heavy atom. The van der Waals surface area contributed by atoms with Gasteiger partial charge in [-0.15, -0.1) is 16.8 Å². The third-order valence-corrected chi connectivity index (χ3v) is 8.30. The number of unbranched alkanes of at least 4 members (excludes halogenated alkanes) is 1. The number of carbonyl (C=O) groups is 4. The number of aromatic nitrogens is 4. The van der Waals surface area contributed by atoms with E-state index in [-0.39, 0.29) is 19.4 Å². The van der Waals surface area contributed by atoms with Crippen LogP contribution in [-0.2, 0) is 19.1 Å². The van der Waals surface area contributed by atoms with Gasteiger partial charge in [-0.25, -0.2) is 9.59 Å². The van der Waals surface area contributed by atoms with E-state index in [1.165, 1.54) is 15.8 Å². The molecule has 2 aromatic rings. The van der Waals surface area contributed by atoms with Crippen molar-refractivity contribution in [2.45, 2.75) is 103 Å². The largest absolute Gasteiger partial charge is 0.494 e. The molecule has 3 N–H and O–H groups in total. The highest BCUT2D eigenvalue weighted by atomic mass is 16.6. The number of hydrogen-bond acceptors (Lipinski definition) is 9. The summed E-state index contributed by atoms with van der Waals surface area (Å²) in [6.45, 7) is 16.9. The second kappa shape index (κ2) is 13.7. The molecule has 1 saturated heterocycles. The van der Waals surface area contributed by atoms with Crippen LogP contribution in [0, 0.1) is 11.3 Å². The van der Waals surface area contributed by atoms with E-state index in [4.69, 9.17) is 9.47 Å². The molecular weight excluding hydrogens is 606 g/mol.